The lowest BCUT2D eigenvalue weighted by atomic mass is 10.1. The maximum absolute atomic E-state index is 11.9. The van der Waals surface area contributed by atoms with Crippen LogP contribution < -0.4 is 0 Å². The third-order valence-corrected chi connectivity index (χ3v) is 3.34. The molecule has 0 aliphatic carbocycles. The number of carbonyl (C=O) groups is 2. The van der Waals surface area contributed by atoms with E-state index in [1.54, 1.807) is 12.1 Å². The summed E-state index contributed by atoms with van der Waals surface area (Å²) in [5.41, 5.74) is 0.900. The molecule has 110 valence electrons. The summed E-state index contributed by atoms with van der Waals surface area (Å²) in [7, 11) is 0. The summed E-state index contributed by atoms with van der Waals surface area (Å²) in [5, 5.41) is 2.23. The van der Waals surface area contributed by atoms with Gasteiger partial charge in [0, 0.05) is 0 Å². The van der Waals surface area contributed by atoms with E-state index in [9.17, 15) is 9.59 Å². The van der Waals surface area contributed by atoms with E-state index < -0.39 is 0 Å². The van der Waals surface area contributed by atoms with Gasteiger partial charge in [0.25, 0.3) is 0 Å². The fourth-order valence-electron chi connectivity index (χ4n) is 2.25. The molecule has 0 unspecified atom stereocenters. The van der Waals surface area contributed by atoms with E-state index in [-0.39, 0.29) is 24.8 Å². The Hall–Kier alpha value is -2.88. The molecule has 4 nitrogen and oxygen atoms in total. The highest BCUT2D eigenvalue weighted by Crippen LogP contribution is 2.16. The van der Waals surface area contributed by atoms with E-state index in [0.717, 1.165) is 16.3 Å². The Morgan fingerprint density at radius 2 is 1.86 bits per heavy atom. The van der Waals surface area contributed by atoms with E-state index >= 15 is 0 Å². The molecule has 3 rings (SSSR count). The van der Waals surface area contributed by atoms with Crippen LogP contribution in [0.1, 0.15) is 21.9 Å². The molecule has 0 bridgehead atoms. The summed E-state index contributed by atoms with van der Waals surface area (Å²) in [6.45, 7) is 0.0280. The first kappa shape index (κ1) is 14.1. The van der Waals surface area contributed by atoms with Gasteiger partial charge in [-0.25, -0.2) is 0 Å². The molecule has 0 aliphatic rings. The fraction of sp³-hybridized carbons (Fsp3) is 0.111. The van der Waals surface area contributed by atoms with Crippen LogP contribution in [-0.2, 0) is 22.6 Å². The molecule has 0 atom stereocenters. The molecular weight excluding hydrogens is 280 g/mol. The highest BCUT2D eigenvalue weighted by Gasteiger charge is 2.08. The standard InChI is InChI=1S/C18H14O4/c19-11-16-7-8-17(22-16)12-21-18(20)10-13-5-6-14-3-1-2-4-15(14)9-13/h1-9,11H,10,12H2. The van der Waals surface area contributed by atoms with Gasteiger partial charge in [0.05, 0.1) is 6.42 Å². The minimum Gasteiger partial charge on any atom is -0.457 e. The molecule has 4 heteroatoms. The predicted octanol–water partition coefficient (Wildman–Crippen LogP) is 3.53. The van der Waals surface area contributed by atoms with Gasteiger partial charge in [-0.05, 0) is 28.5 Å². The van der Waals surface area contributed by atoms with Gasteiger partial charge >= 0.3 is 5.97 Å². The topological polar surface area (TPSA) is 56.5 Å². The predicted molar refractivity (Wildman–Crippen MR) is 81.5 cm³/mol. The number of aldehydes is 1. The summed E-state index contributed by atoms with van der Waals surface area (Å²) >= 11 is 0. The van der Waals surface area contributed by atoms with Gasteiger partial charge < -0.3 is 9.15 Å². The molecule has 0 saturated heterocycles. The normalized spacial score (nSPS) is 10.5. The molecule has 3 aromatic rings. The van der Waals surface area contributed by atoms with E-state index in [0.29, 0.717) is 12.0 Å². The number of esters is 1. The molecule has 1 aromatic heterocycles. The Balaban J connectivity index is 1.61. The Morgan fingerprint density at radius 3 is 2.64 bits per heavy atom. The van der Waals surface area contributed by atoms with Crippen molar-refractivity contribution < 1.29 is 18.7 Å². The SMILES string of the molecule is O=Cc1ccc(COC(=O)Cc2ccc3ccccc3c2)o1. The molecule has 0 amide bonds. The van der Waals surface area contributed by atoms with Gasteiger partial charge in [0.15, 0.2) is 12.0 Å². The van der Waals surface area contributed by atoms with Gasteiger partial charge in [-0.15, -0.1) is 0 Å². The van der Waals surface area contributed by atoms with Crippen LogP contribution in [0.3, 0.4) is 0 Å². The van der Waals surface area contributed by atoms with Crippen molar-refractivity contribution in [2.75, 3.05) is 0 Å². The Labute approximate surface area is 127 Å². The van der Waals surface area contributed by atoms with E-state index in [4.69, 9.17) is 9.15 Å². The van der Waals surface area contributed by atoms with Crippen molar-refractivity contribution in [2.24, 2.45) is 0 Å². The van der Waals surface area contributed by atoms with Crippen LogP contribution in [0.5, 0.6) is 0 Å². The van der Waals surface area contributed by atoms with Gasteiger partial charge in [0.2, 0.25) is 0 Å². The number of rotatable bonds is 5. The third kappa shape index (κ3) is 3.23. The van der Waals surface area contributed by atoms with Crippen molar-refractivity contribution in [3.63, 3.8) is 0 Å². The second-order valence-corrected chi connectivity index (χ2v) is 4.94. The Bertz CT molecular complexity index is 817. The van der Waals surface area contributed by atoms with E-state index in [2.05, 4.69) is 0 Å². The summed E-state index contributed by atoms with van der Waals surface area (Å²) < 4.78 is 10.3. The van der Waals surface area contributed by atoms with Crippen molar-refractivity contribution in [3.05, 3.63) is 71.7 Å². The lowest BCUT2D eigenvalue weighted by molar-refractivity contribution is -0.144. The minimum absolute atomic E-state index is 0.0280. The molecular formula is C18H14O4. The van der Waals surface area contributed by atoms with Crippen molar-refractivity contribution in [2.45, 2.75) is 13.0 Å². The van der Waals surface area contributed by atoms with Crippen LogP contribution in [0.25, 0.3) is 10.8 Å². The van der Waals surface area contributed by atoms with Crippen molar-refractivity contribution in [3.8, 4) is 0 Å². The molecule has 1 heterocycles. The molecule has 0 radical (unpaired) electrons. The molecule has 0 fully saturated rings. The quantitative estimate of drug-likeness (QED) is 0.533. The highest BCUT2D eigenvalue weighted by molar-refractivity contribution is 5.84. The number of fused-ring (bicyclic) bond motifs is 1. The summed E-state index contributed by atoms with van der Waals surface area (Å²) in [5.74, 6) is 0.342. The first-order chi connectivity index (χ1) is 10.7. The third-order valence-electron chi connectivity index (χ3n) is 3.34. The van der Waals surface area contributed by atoms with Gasteiger partial charge in [-0.2, -0.15) is 0 Å². The maximum atomic E-state index is 11.9. The smallest absolute Gasteiger partial charge is 0.310 e. The zero-order valence-corrected chi connectivity index (χ0v) is 11.8. The first-order valence-corrected chi connectivity index (χ1v) is 6.92. The summed E-state index contributed by atoms with van der Waals surface area (Å²) in [4.78, 5) is 22.4. The zero-order valence-electron chi connectivity index (χ0n) is 11.8. The van der Waals surface area contributed by atoms with Crippen LogP contribution in [0.2, 0.25) is 0 Å². The molecule has 0 spiro atoms. The molecule has 0 aliphatic heterocycles. The Morgan fingerprint density at radius 1 is 1.05 bits per heavy atom. The lowest BCUT2D eigenvalue weighted by Crippen LogP contribution is -2.07. The van der Waals surface area contributed by atoms with Crippen LogP contribution in [0.4, 0.5) is 0 Å². The molecule has 0 saturated carbocycles. The van der Waals surface area contributed by atoms with Crippen LogP contribution in [-0.4, -0.2) is 12.3 Å². The number of carbonyl (C=O) groups excluding carboxylic acids is 2. The maximum Gasteiger partial charge on any atom is 0.310 e. The average Bonchev–Trinajstić information content (AvgIpc) is 3.01. The van der Waals surface area contributed by atoms with Gasteiger partial charge in [-0.1, -0.05) is 42.5 Å². The molecule has 22 heavy (non-hydrogen) atoms. The van der Waals surface area contributed by atoms with Crippen molar-refractivity contribution >= 4 is 23.0 Å². The summed E-state index contributed by atoms with van der Waals surface area (Å²) in [6, 6.07) is 17.0. The average molecular weight is 294 g/mol. The first-order valence-electron chi connectivity index (χ1n) is 6.92. The van der Waals surface area contributed by atoms with Crippen LogP contribution in [0, 0.1) is 0 Å². The highest BCUT2D eigenvalue weighted by atomic mass is 16.5. The number of hydrogen-bond donors (Lipinski definition) is 0. The van der Waals surface area contributed by atoms with E-state index in [1.807, 2.05) is 42.5 Å². The number of ether oxygens (including phenoxy) is 1. The minimum atomic E-state index is -0.334. The monoisotopic (exact) mass is 294 g/mol. The van der Waals surface area contributed by atoms with Crippen molar-refractivity contribution in [1.82, 2.24) is 0 Å². The number of hydrogen-bond acceptors (Lipinski definition) is 4. The molecule has 2 aromatic carbocycles. The second kappa shape index (κ2) is 6.26. The van der Waals surface area contributed by atoms with Crippen molar-refractivity contribution in [1.29, 1.82) is 0 Å². The second-order valence-electron chi connectivity index (χ2n) is 4.94. The lowest BCUT2D eigenvalue weighted by Gasteiger charge is -2.05. The largest absolute Gasteiger partial charge is 0.457 e. The van der Waals surface area contributed by atoms with Gasteiger partial charge in [-0.3, -0.25) is 9.59 Å². The van der Waals surface area contributed by atoms with Crippen LogP contribution >= 0.6 is 0 Å². The molecule has 0 N–H and O–H groups in total. The fourth-order valence-corrected chi connectivity index (χ4v) is 2.25. The number of furan rings is 1. The van der Waals surface area contributed by atoms with Crippen LogP contribution in [0.15, 0.2) is 59.0 Å². The zero-order chi connectivity index (χ0) is 15.4. The van der Waals surface area contributed by atoms with Gasteiger partial charge in [0.1, 0.15) is 12.4 Å². The number of benzene rings is 2. The summed E-state index contributed by atoms with van der Waals surface area (Å²) in [6.07, 6.45) is 0.812. The van der Waals surface area contributed by atoms with E-state index in [1.165, 1.54) is 0 Å². The Kier molecular flexibility index (Phi) is 4.01.